The lowest BCUT2D eigenvalue weighted by atomic mass is 10.0. The SMILES string of the molecule is Cc1cccc(C)c1CN(c1ccc(CN)cc1)C1CC1. The lowest BCUT2D eigenvalue weighted by Crippen LogP contribution is -2.25. The van der Waals surface area contributed by atoms with Crippen LogP contribution in [0, 0.1) is 13.8 Å². The summed E-state index contributed by atoms with van der Waals surface area (Å²) in [7, 11) is 0. The molecule has 1 saturated carbocycles. The van der Waals surface area contributed by atoms with Gasteiger partial charge in [-0.25, -0.2) is 0 Å². The Morgan fingerprint density at radius 2 is 1.62 bits per heavy atom. The average molecular weight is 280 g/mol. The van der Waals surface area contributed by atoms with E-state index in [4.69, 9.17) is 5.73 Å². The first-order chi connectivity index (χ1) is 10.2. The van der Waals surface area contributed by atoms with Gasteiger partial charge in [0.25, 0.3) is 0 Å². The van der Waals surface area contributed by atoms with Crippen LogP contribution >= 0.6 is 0 Å². The summed E-state index contributed by atoms with van der Waals surface area (Å²) in [6, 6.07) is 16.0. The van der Waals surface area contributed by atoms with Gasteiger partial charge < -0.3 is 10.6 Å². The van der Waals surface area contributed by atoms with Crippen LogP contribution in [-0.4, -0.2) is 6.04 Å². The number of rotatable bonds is 5. The van der Waals surface area contributed by atoms with Crippen molar-refractivity contribution in [1.82, 2.24) is 0 Å². The van der Waals surface area contributed by atoms with Crippen molar-refractivity contribution in [2.75, 3.05) is 4.90 Å². The highest BCUT2D eigenvalue weighted by atomic mass is 15.2. The third-order valence-electron chi connectivity index (χ3n) is 4.46. The molecule has 110 valence electrons. The largest absolute Gasteiger partial charge is 0.364 e. The van der Waals surface area contributed by atoms with Crippen molar-refractivity contribution in [3.8, 4) is 0 Å². The highest BCUT2D eigenvalue weighted by molar-refractivity contribution is 5.51. The molecule has 2 N–H and O–H groups in total. The molecular formula is C19H24N2. The lowest BCUT2D eigenvalue weighted by molar-refractivity contribution is 0.786. The number of anilines is 1. The van der Waals surface area contributed by atoms with Crippen LogP contribution in [0.5, 0.6) is 0 Å². The molecule has 0 aliphatic heterocycles. The Kier molecular flexibility index (Phi) is 3.98. The molecule has 0 heterocycles. The number of hydrogen-bond acceptors (Lipinski definition) is 2. The molecule has 0 amide bonds. The molecule has 2 heteroatoms. The van der Waals surface area contributed by atoms with E-state index in [1.807, 2.05) is 0 Å². The van der Waals surface area contributed by atoms with Crippen LogP contribution in [-0.2, 0) is 13.1 Å². The van der Waals surface area contributed by atoms with Crippen molar-refractivity contribution in [2.24, 2.45) is 5.73 Å². The molecule has 1 aliphatic carbocycles. The summed E-state index contributed by atoms with van der Waals surface area (Å²) in [5, 5.41) is 0. The Morgan fingerprint density at radius 1 is 1.00 bits per heavy atom. The molecule has 1 aliphatic rings. The van der Waals surface area contributed by atoms with Crippen LogP contribution in [0.4, 0.5) is 5.69 Å². The smallest absolute Gasteiger partial charge is 0.0437 e. The van der Waals surface area contributed by atoms with Gasteiger partial charge in [-0.15, -0.1) is 0 Å². The van der Waals surface area contributed by atoms with Gasteiger partial charge in [-0.2, -0.15) is 0 Å². The molecular weight excluding hydrogens is 256 g/mol. The first-order valence-electron chi connectivity index (χ1n) is 7.80. The summed E-state index contributed by atoms with van der Waals surface area (Å²) in [4.78, 5) is 2.55. The van der Waals surface area contributed by atoms with Gasteiger partial charge in [-0.1, -0.05) is 30.3 Å². The first-order valence-corrected chi connectivity index (χ1v) is 7.80. The van der Waals surface area contributed by atoms with Gasteiger partial charge in [0.2, 0.25) is 0 Å². The molecule has 0 aromatic heterocycles. The quantitative estimate of drug-likeness (QED) is 0.899. The standard InChI is InChI=1S/C19H24N2/c1-14-4-3-5-15(2)19(14)13-21(18-10-11-18)17-8-6-16(12-20)7-9-17/h3-9,18H,10-13,20H2,1-2H3. The van der Waals surface area contributed by atoms with Crippen LogP contribution < -0.4 is 10.6 Å². The third kappa shape index (κ3) is 3.11. The highest BCUT2D eigenvalue weighted by Crippen LogP contribution is 2.34. The molecule has 0 atom stereocenters. The number of nitrogens with two attached hydrogens (primary N) is 1. The molecule has 2 aromatic rings. The van der Waals surface area contributed by atoms with Crippen LogP contribution in [0.1, 0.15) is 35.1 Å². The molecule has 1 fully saturated rings. The molecule has 2 aromatic carbocycles. The van der Waals surface area contributed by atoms with Gasteiger partial charge in [0.15, 0.2) is 0 Å². The topological polar surface area (TPSA) is 29.3 Å². The summed E-state index contributed by atoms with van der Waals surface area (Å²) in [5.41, 5.74) is 12.5. The Bertz CT molecular complexity index is 592. The fourth-order valence-corrected chi connectivity index (χ4v) is 2.91. The maximum atomic E-state index is 5.70. The van der Waals surface area contributed by atoms with Crippen LogP contribution in [0.25, 0.3) is 0 Å². The van der Waals surface area contributed by atoms with Gasteiger partial charge in [0.05, 0.1) is 0 Å². The van der Waals surface area contributed by atoms with E-state index in [1.54, 1.807) is 0 Å². The predicted octanol–water partition coefficient (Wildman–Crippen LogP) is 3.93. The van der Waals surface area contributed by atoms with Crippen LogP contribution in [0.3, 0.4) is 0 Å². The van der Waals surface area contributed by atoms with E-state index in [0.717, 1.165) is 6.54 Å². The normalized spacial score (nSPS) is 14.2. The van der Waals surface area contributed by atoms with E-state index in [-0.39, 0.29) is 0 Å². The van der Waals surface area contributed by atoms with Gasteiger partial charge in [-0.3, -0.25) is 0 Å². The van der Waals surface area contributed by atoms with Crippen LogP contribution in [0.2, 0.25) is 0 Å². The molecule has 0 radical (unpaired) electrons. The second-order valence-electron chi connectivity index (χ2n) is 6.10. The fraction of sp³-hybridized carbons (Fsp3) is 0.368. The van der Waals surface area contributed by atoms with E-state index in [9.17, 15) is 0 Å². The van der Waals surface area contributed by atoms with Crippen molar-refractivity contribution < 1.29 is 0 Å². The maximum absolute atomic E-state index is 5.70. The van der Waals surface area contributed by atoms with Crippen molar-refractivity contribution >= 4 is 5.69 Å². The minimum atomic E-state index is 0.612. The molecule has 0 spiro atoms. The Morgan fingerprint density at radius 3 is 2.14 bits per heavy atom. The van der Waals surface area contributed by atoms with Crippen molar-refractivity contribution in [3.63, 3.8) is 0 Å². The van der Waals surface area contributed by atoms with Crippen LogP contribution in [0.15, 0.2) is 42.5 Å². The van der Waals surface area contributed by atoms with Gasteiger partial charge >= 0.3 is 0 Å². The average Bonchev–Trinajstić information content (AvgIpc) is 3.32. The monoisotopic (exact) mass is 280 g/mol. The molecule has 0 unspecified atom stereocenters. The molecule has 2 nitrogen and oxygen atoms in total. The molecule has 0 saturated heterocycles. The summed E-state index contributed by atoms with van der Waals surface area (Å²) >= 11 is 0. The summed E-state index contributed by atoms with van der Waals surface area (Å²) in [5.74, 6) is 0. The highest BCUT2D eigenvalue weighted by Gasteiger charge is 2.29. The van der Waals surface area contributed by atoms with Crippen molar-refractivity contribution in [2.45, 2.75) is 45.8 Å². The minimum absolute atomic E-state index is 0.612. The van der Waals surface area contributed by atoms with E-state index >= 15 is 0 Å². The van der Waals surface area contributed by atoms with Gasteiger partial charge in [0, 0.05) is 24.8 Å². The number of nitrogens with zero attached hydrogens (tertiary/aromatic N) is 1. The van der Waals surface area contributed by atoms with Crippen molar-refractivity contribution in [3.05, 3.63) is 64.7 Å². The minimum Gasteiger partial charge on any atom is -0.364 e. The van der Waals surface area contributed by atoms with E-state index in [2.05, 4.69) is 61.2 Å². The summed E-state index contributed by atoms with van der Waals surface area (Å²) in [6.07, 6.45) is 2.62. The predicted molar refractivity (Wildman–Crippen MR) is 89.5 cm³/mol. The van der Waals surface area contributed by atoms with E-state index in [1.165, 1.54) is 40.8 Å². The zero-order chi connectivity index (χ0) is 14.8. The zero-order valence-electron chi connectivity index (χ0n) is 13.0. The Balaban J connectivity index is 1.88. The number of hydrogen-bond donors (Lipinski definition) is 1. The summed E-state index contributed by atoms with van der Waals surface area (Å²) in [6.45, 7) is 6.04. The number of aryl methyl sites for hydroxylation is 2. The third-order valence-corrected chi connectivity index (χ3v) is 4.46. The molecule has 3 rings (SSSR count). The second-order valence-corrected chi connectivity index (χ2v) is 6.10. The van der Waals surface area contributed by atoms with E-state index < -0.39 is 0 Å². The lowest BCUT2D eigenvalue weighted by Gasteiger charge is -2.27. The molecule has 0 bridgehead atoms. The Hall–Kier alpha value is -1.80. The van der Waals surface area contributed by atoms with Gasteiger partial charge in [0.1, 0.15) is 0 Å². The zero-order valence-corrected chi connectivity index (χ0v) is 13.0. The first kappa shape index (κ1) is 14.2. The maximum Gasteiger partial charge on any atom is 0.0437 e. The second kappa shape index (κ2) is 5.90. The van der Waals surface area contributed by atoms with Gasteiger partial charge in [-0.05, 0) is 61.1 Å². The van der Waals surface area contributed by atoms with Crippen molar-refractivity contribution in [1.29, 1.82) is 0 Å². The fourth-order valence-electron chi connectivity index (χ4n) is 2.91. The summed E-state index contributed by atoms with van der Waals surface area (Å²) < 4.78 is 0. The van der Waals surface area contributed by atoms with E-state index in [0.29, 0.717) is 12.6 Å². The molecule has 21 heavy (non-hydrogen) atoms. The number of benzene rings is 2. The Labute approximate surface area is 127 Å².